The number of ether oxygens (including phenoxy) is 8. The number of benzene rings is 5. The summed E-state index contributed by atoms with van der Waals surface area (Å²) >= 11 is 0. The maximum atomic E-state index is 8.93. The van der Waals surface area contributed by atoms with E-state index < -0.39 is 0 Å². The second-order valence-corrected chi connectivity index (χ2v) is 16.0. The first-order valence-corrected chi connectivity index (χ1v) is 27.5. The van der Waals surface area contributed by atoms with Gasteiger partial charge in [0.1, 0.15) is 54.2 Å². The first-order chi connectivity index (χ1) is 36.2. The third-order valence-corrected chi connectivity index (χ3v) is 10.7. The summed E-state index contributed by atoms with van der Waals surface area (Å²) in [6.45, 7) is 36.9. The van der Waals surface area contributed by atoms with Gasteiger partial charge in [-0.05, 0) is 80.6 Å². The van der Waals surface area contributed by atoms with Gasteiger partial charge in [-0.2, -0.15) is 0 Å². The van der Waals surface area contributed by atoms with Crippen molar-refractivity contribution in [2.24, 2.45) is 0 Å². The average Bonchev–Trinajstić information content (AvgIpc) is 4.23. The zero-order valence-corrected chi connectivity index (χ0v) is 48.1. The smallest absolute Gasteiger partial charge is 0.123 e. The molecule has 4 fully saturated rings. The van der Waals surface area contributed by atoms with Crippen LogP contribution in [0, 0.1) is 20.8 Å². The highest BCUT2D eigenvalue weighted by Gasteiger charge is 2.25. The highest BCUT2D eigenvalue weighted by molar-refractivity contribution is 5.40. The van der Waals surface area contributed by atoms with Crippen molar-refractivity contribution in [3.05, 3.63) is 149 Å². The number of hydrogen-bond donors (Lipinski definition) is 3. The van der Waals surface area contributed by atoms with E-state index in [9.17, 15) is 0 Å². The summed E-state index contributed by atoms with van der Waals surface area (Å²) in [4.78, 5) is 0. The number of para-hydroxylation sites is 5. The molecule has 11 nitrogen and oxygen atoms in total. The number of phenols is 1. The number of aliphatic hydroxyl groups excluding tert-OH is 2. The topological polar surface area (TPSA) is 148 Å². The lowest BCUT2D eigenvalue weighted by Gasteiger charge is -2.06. The summed E-state index contributed by atoms with van der Waals surface area (Å²) in [5, 5.41) is 26.8. The van der Waals surface area contributed by atoms with Crippen LogP contribution in [0.4, 0.5) is 0 Å². The molecular formula is C63H98O11. The normalized spacial score (nSPS) is 18.9. The Bertz CT molecular complexity index is 1910. The van der Waals surface area contributed by atoms with Gasteiger partial charge in [0.05, 0.1) is 65.1 Å². The van der Waals surface area contributed by atoms with E-state index in [1.807, 2.05) is 205 Å². The van der Waals surface area contributed by atoms with Crippen molar-refractivity contribution in [3.63, 3.8) is 0 Å². The first-order valence-electron chi connectivity index (χ1n) is 27.5. The van der Waals surface area contributed by atoms with Crippen molar-refractivity contribution in [1.82, 2.24) is 0 Å². The van der Waals surface area contributed by atoms with Crippen LogP contribution < -0.4 is 18.9 Å². The van der Waals surface area contributed by atoms with Gasteiger partial charge in [0.15, 0.2) is 0 Å². The third-order valence-electron chi connectivity index (χ3n) is 10.7. The van der Waals surface area contributed by atoms with Gasteiger partial charge >= 0.3 is 0 Å². The van der Waals surface area contributed by atoms with E-state index >= 15 is 0 Å². The fraction of sp³-hybridized carbons (Fsp3) is 0.524. The molecule has 6 heterocycles. The fourth-order valence-corrected chi connectivity index (χ4v) is 6.06. The van der Waals surface area contributed by atoms with Crippen LogP contribution in [-0.4, -0.2) is 106 Å². The number of phenolic OH excluding ortho intramolecular Hbond substituents is 1. The van der Waals surface area contributed by atoms with Crippen molar-refractivity contribution in [3.8, 4) is 28.7 Å². The maximum absolute atomic E-state index is 8.93. The van der Waals surface area contributed by atoms with Crippen molar-refractivity contribution in [2.45, 2.75) is 153 Å². The molecule has 3 N–H and O–H groups in total. The Morgan fingerprint density at radius 1 is 0.405 bits per heavy atom. The van der Waals surface area contributed by atoms with Gasteiger partial charge in [-0.15, -0.1) is 0 Å². The predicted octanol–water partition coefficient (Wildman–Crippen LogP) is 14.3. The molecule has 0 unspecified atom stereocenters. The first kappa shape index (κ1) is 68.9. The summed E-state index contributed by atoms with van der Waals surface area (Å²) in [5.41, 5.74) is 5.55. The van der Waals surface area contributed by atoms with Gasteiger partial charge in [-0.25, -0.2) is 0 Å². The number of fused-ring (bicyclic) bond motifs is 2. The average molecular weight is 1030 g/mol. The summed E-state index contributed by atoms with van der Waals surface area (Å²) in [7, 11) is 0. The van der Waals surface area contributed by atoms with E-state index in [1.54, 1.807) is 6.07 Å². The van der Waals surface area contributed by atoms with E-state index in [1.165, 1.54) is 24.0 Å². The highest BCUT2D eigenvalue weighted by atomic mass is 16.6. The van der Waals surface area contributed by atoms with E-state index in [-0.39, 0.29) is 25.0 Å². The molecule has 0 spiro atoms. The lowest BCUT2D eigenvalue weighted by atomic mass is 10.0. The standard InChI is InChI=1S/2C10H12O2.2C9H10O2.C7H8O.2C4H8O.5C2H6/c2*1-8-4-2-3-5-10(8)12-7-9-6-11-9;2*10-5-7-6-11-9-4-2-1-3-8(7)9;1-6-4-2-3-5-7(6)8;2*1-2-4-3-5-4;5*1-2/h2*2-5,9H,6-7H2,1H3;2*1-4,7,10H,5-6H2;2-5,8H,1H3;2*4H,2-3H2,1H3;5*1-2H3/t2*9-;2*7-;;2*4-;;;;;/m1010.10...../s1. The Hall–Kier alpha value is -5.14. The second-order valence-electron chi connectivity index (χ2n) is 16.0. The highest BCUT2D eigenvalue weighted by Crippen LogP contribution is 2.33. The molecule has 4 saturated heterocycles. The summed E-state index contributed by atoms with van der Waals surface area (Å²) in [6, 6.07) is 39.0. The van der Waals surface area contributed by atoms with Crippen molar-refractivity contribution < 1.29 is 53.2 Å². The number of aromatic hydroxyl groups is 1. The molecule has 0 aromatic heterocycles. The monoisotopic (exact) mass is 1030 g/mol. The molecule has 11 heteroatoms. The molecule has 6 atom stereocenters. The van der Waals surface area contributed by atoms with Crippen molar-refractivity contribution in [2.75, 3.05) is 66.1 Å². The van der Waals surface area contributed by atoms with E-state index in [4.69, 9.17) is 53.2 Å². The van der Waals surface area contributed by atoms with Crippen LogP contribution >= 0.6 is 0 Å². The predicted molar refractivity (Wildman–Crippen MR) is 306 cm³/mol. The van der Waals surface area contributed by atoms with Gasteiger partial charge in [0.25, 0.3) is 0 Å². The quantitative estimate of drug-likeness (QED) is 0.115. The lowest BCUT2D eigenvalue weighted by Crippen LogP contribution is -2.04. The van der Waals surface area contributed by atoms with Crippen LogP contribution in [0.1, 0.15) is 136 Å². The van der Waals surface area contributed by atoms with E-state index in [0.29, 0.717) is 56.6 Å². The third kappa shape index (κ3) is 30.3. The molecule has 11 rings (SSSR count). The molecular weight excluding hydrogens is 933 g/mol. The molecule has 5 aromatic rings. The fourth-order valence-electron chi connectivity index (χ4n) is 6.06. The zero-order valence-electron chi connectivity index (χ0n) is 48.1. The van der Waals surface area contributed by atoms with Gasteiger partial charge < -0.3 is 53.2 Å². The minimum absolute atomic E-state index is 0.178. The molecule has 74 heavy (non-hydrogen) atoms. The van der Waals surface area contributed by atoms with Gasteiger partial charge in [0, 0.05) is 23.0 Å². The summed E-state index contributed by atoms with van der Waals surface area (Å²) in [6.07, 6.45) is 4.33. The Labute approximate surface area is 448 Å². The molecule has 0 amide bonds. The number of hydrogen-bond acceptors (Lipinski definition) is 11. The van der Waals surface area contributed by atoms with Crippen molar-refractivity contribution in [1.29, 1.82) is 0 Å². The van der Waals surface area contributed by atoms with Crippen LogP contribution in [0.15, 0.2) is 121 Å². The van der Waals surface area contributed by atoms with Crippen LogP contribution in [0.2, 0.25) is 0 Å². The maximum Gasteiger partial charge on any atom is 0.123 e. The number of aryl methyl sites for hydroxylation is 3. The summed E-state index contributed by atoms with van der Waals surface area (Å²) in [5.74, 6) is 4.52. The van der Waals surface area contributed by atoms with Crippen molar-refractivity contribution >= 4 is 0 Å². The van der Waals surface area contributed by atoms with Gasteiger partial charge in [-0.3, -0.25) is 0 Å². The molecule has 0 aliphatic carbocycles. The number of rotatable bonds is 10. The van der Waals surface area contributed by atoms with Crippen LogP contribution in [0.25, 0.3) is 0 Å². The number of epoxide rings is 4. The zero-order chi connectivity index (χ0) is 55.5. The molecule has 0 radical (unpaired) electrons. The number of aliphatic hydroxyl groups is 2. The SMILES string of the molecule is CC.CC.CC.CC.CC.CC[C@@H]1CO1.CC[C@H]1CO1.Cc1ccccc1O.Cc1ccccc1OC[C@@H]1CO1.Cc1ccccc1OC[C@H]1CO1.OC[C@@H]1COc2ccccc21.OC[C@H]1COc2ccccc21. The largest absolute Gasteiger partial charge is 0.508 e. The van der Waals surface area contributed by atoms with Gasteiger partial charge in [0.2, 0.25) is 0 Å². The van der Waals surface area contributed by atoms with Crippen LogP contribution in [0.5, 0.6) is 28.7 Å². The Morgan fingerprint density at radius 3 is 0.959 bits per heavy atom. The molecule has 6 aliphatic rings. The van der Waals surface area contributed by atoms with E-state index in [2.05, 4.69) is 13.8 Å². The van der Waals surface area contributed by atoms with Gasteiger partial charge in [-0.1, -0.05) is 174 Å². The summed E-state index contributed by atoms with van der Waals surface area (Å²) < 4.78 is 41.6. The lowest BCUT2D eigenvalue weighted by molar-refractivity contribution is 0.231. The molecule has 6 aliphatic heterocycles. The van der Waals surface area contributed by atoms with Crippen LogP contribution in [-0.2, 0) is 18.9 Å². The minimum Gasteiger partial charge on any atom is -0.508 e. The van der Waals surface area contributed by atoms with E-state index in [0.717, 1.165) is 66.1 Å². The minimum atomic E-state index is 0.178. The Balaban J connectivity index is 0.000000829. The molecule has 0 saturated carbocycles. The molecule has 5 aromatic carbocycles. The Morgan fingerprint density at radius 2 is 0.703 bits per heavy atom. The second kappa shape index (κ2) is 44.2. The molecule has 0 bridgehead atoms. The van der Waals surface area contributed by atoms with Crippen LogP contribution in [0.3, 0.4) is 0 Å². The Kier molecular flexibility index (Phi) is 41.1. The molecule has 416 valence electrons.